The number of hydrogen-bond acceptors (Lipinski definition) is 1. The Labute approximate surface area is 129 Å². The molecule has 118 valence electrons. The van der Waals surface area contributed by atoms with E-state index in [1.54, 1.807) is 0 Å². The Morgan fingerprint density at radius 2 is 1.45 bits per heavy atom. The van der Waals surface area contributed by atoms with Gasteiger partial charge in [-0.15, -0.1) is 0 Å². The highest BCUT2D eigenvalue weighted by Gasteiger charge is 2.43. The van der Waals surface area contributed by atoms with Crippen molar-refractivity contribution >= 4 is 7.28 Å². The quantitative estimate of drug-likeness (QED) is 0.611. The van der Waals surface area contributed by atoms with Crippen LogP contribution in [0.25, 0.3) is 0 Å². The molecule has 2 unspecified atom stereocenters. The van der Waals surface area contributed by atoms with E-state index in [2.05, 4.69) is 67.1 Å². The van der Waals surface area contributed by atoms with Gasteiger partial charge < -0.3 is 0 Å². The van der Waals surface area contributed by atoms with Gasteiger partial charge in [-0.2, -0.15) is 0 Å². The Morgan fingerprint density at radius 1 is 0.900 bits per heavy atom. The summed E-state index contributed by atoms with van der Waals surface area (Å²) in [7, 11) is 1.30. The summed E-state index contributed by atoms with van der Waals surface area (Å²) in [5.41, 5.74) is 1.05. The molecule has 1 fully saturated rings. The molecule has 0 N–H and O–H groups in total. The van der Waals surface area contributed by atoms with Crippen molar-refractivity contribution in [1.82, 2.24) is 4.90 Å². The molecule has 0 aromatic carbocycles. The maximum absolute atomic E-state index is 2.76. The van der Waals surface area contributed by atoms with Gasteiger partial charge in [-0.1, -0.05) is 54.3 Å². The molecule has 1 aliphatic heterocycles. The van der Waals surface area contributed by atoms with Crippen LogP contribution in [0.3, 0.4) is 0 Å². The molecule has 0 spiro atoms. The average molecular weight is 279 g/mol. The zero-order valence-electron chi connectivity index (χ0n) is 15.7. The fourth-order valence-corrected chi connectivity index (χ4v) is 3.38. The first kappa shape index (κ1) is 18.1. The molecule has 2 heteroatoms. The van der Waals surface area contributed by atoms with E-state index in [0.717, 1.165) is 0 Å². The van der Waals surface area contributed by atoms with E-state index in [1.807, 2.05) is 0 Å². The van der Waals surface area contributed by atoms with Gasteiger partial charge in [0.2, 0.25) is 0 Å². The van der Waals surface area contributed by atoms with Gasteiger partial charge in [0, 0.05) is 12.1 Å². The van der Waals surface area contributed by atoms with Gasteiger partial charge in [-0.05, 0) is 49.9 Å². The monoisotopic (exact) mass is 279 g/mol. The minimum Gasteiger partial charge on any atom is -0.298 e. The summed E-state index contributed by atoms with van der Waals surface area (Å²) >= 11 is 0. The Balaban J connectivity index is 3.08. The number of nitrogens with zero attached hydrogens (tertiary/aromatic N) is 1. The highest BCUT2D eigenvalue weighted by molar-refractivity contribution is 6.38. The molecular weight excluding hydrogens is 241 g/mol. The van der Waals surface area contributed by atoms with Gasteiger partial charge in [-0.25, -0.2) is 0 Å². The van der Waals surface area contributed by atoms with Gasteiger partial charge in [-0.3, -0.25) is 4.90 Å². The van der Waals surface area contributed by atoms with Crippen LogP contribution in [0.1, 0.15) is 74.7 Å². The van der Waals surface area contributed by atoms with E-state index < -0.39 is 0 Å². The highest BCUT2D eigenvalue weighted by Crippen LogP contribution is 2.48. The fraction of sp³-hybridized carbons (Fsp3) is 1.00. The second-order valence-electron chi connectivity index (χ2n) is 9.86. The molecular formula is C18H38BN. The number of likely N-dealkylation sites (tertiary alicyclic amines) is 1. The summed E-state index contributed by atoms with van der Waals surface area (Å²) in [4.78, 5) is 2.76. The molecule has 20 heavy (non-hydrogen) atoms. The first-order valence-corrected chi connectivity index (χ1v) is 8.58. The van der Waals surface area contributed by atoms with Gasteiger partial charge in [0.05, 0.1) is 0 Å². The Morgan fingerprint density at radius 3 is 1.85 bits per heavy atom. The summed E-state index contributed by atoms with van der Waals surface area (Å²) in [5, 5.41) is 0.493. The van der Waals surface area contributed by atoms with E-state index in [-0.39, 0.29) is 5.54 Å². The first-order chi connectivity index (χ1) is 8.83. The van der Waals surface area contributed by atoms with Crippen molar-refractivity contribution in [1.29, 1.82) is 0 Å². The predicted molar refractivity (Wildman–Crippen MR) is 94.1 cm³/mol. The third-order valence-electron chi connectivity index (χ3n) is 6.23. The minimum absolute atomic E-state index is 0.264. The molecule has 1 rings (SSSR count). The minimum atomic E-state index is 0.264. The fourth-order valence-electron chi connectivity index (χ4n) is 3.38. The highest BCUT2D eigenvalue weighted by atomic mass is 15.2. The van der Waals surface area contributed by atoms with Crippen LogP contribution in [0.15, 0.2) is 0 Å². The van der Waals surface area contributed by atoms with E-state index in [1.165, 1.54) is 39.6 Å². The largest absolute Gasteiger partial charge is 0.298 e. The second-order valence-corrected chi connectivity index (χ2v) is 9.86. The molecule has 0 amide bonds. The van der Waals surface area contributed by atoms with E-state index in [0.29, 0.717) is 16.1 Å². The normalized spacial score (nSPS) is 34.5. The van der Waals surface area contributed by atoms with Crippen LogP contribution in [-0.4, -0.2) is 30.8 Å². The van der Waals surface area contributed by atoms with Crippen LogP contribution in [0, 0.1) is 10.8 Å². The van der Waals surface area contributed by atoms with Crippen LogP contribution in [0.5, 0.6) is 0 Å². The number of rotatable bonds is 1. The molecule has 0 bridgehead atoms. The first-order valence-electron chi connectivity index (χ1n) is 8.58. The van der Waals surface area contributed by atoms with E-state index >= 15 is 0 Å². The van der Waals surface area contributed by atoms with Crippen molar-refractivity contribution in [3.63, 3.8) is 0 Å². The molecule has 0 radical (unpaired) electrons. The molecule has 1 heterocycles. The summed E-state index contributed by atoms with van der Waals surface area (Å²) in [5.74, 6) is 0. The van der Waals surface area contributed by atoms with Crippen LogP contribution >= 0.6 is 0 Å². The van der Waals surface area contributed by atoms with Gasteiger partial charge in [0.25, 0.3) is 0 Å². The molecule has 0 aromatic heterocycles. The topological polar surface area (TPSA) is 3.24 Å². The molecule has 1 saturated heterocycles. The molecule has 0 saturated carbocycles. The van der Waals surface area contributed by atoms with Crippen LogP contribution in [0.2, 0.25) is 12.1 Å². The van der Waals surface area contributed by atoms with Crippen molar-refractivity contribution in [3.05, 3.63) is 0 Å². The Bertz CT molecular complexity index is 325. The summed E-state index contributed by atoms with van der Waals surface area (Å²) < 4.78 is 0. The smallest absolute Gasteiger partial charge is 0.126 e. The molecule has 2 atom stereocenters. The lowest BCUT2D eigenvalue weighted by Crippen LogP contribution is -2.54. The summed E-state index contributed by atoms with van der Waals surface area (Å²) in [6.45, 7) is 24.3. The van der Waals surface area contributed by atoms with E-state index in [9.17, 15) is 0 Å². The Kier molecular flexibility index (Phi) is 5.12. The van der Waals surface area contributed by atoms with Crippen molar-refractivity contribution < 1.29 is 0 Å². The zero-order valence-corrected chi connectivity index (χ0v) is 15.7. The Hall–Kier alpha value is 0.0249. The number of hydrogen-bond donors (Lipinski definition) is 0. The third-order valence-corrected chi connectivity index (χ3v) is 6.23. The predicted octanol–water partition coefficient (Wildman–Crippen LogP) is 4.99. The standard InChI is InChI=1S/C18H38BN/c1-15(2,3)17(7)11-10-12-18(8,19-9)14-20(13-17)16(4,5)6/h19H,10-14H2,1-9H3. The van der Waals surface area contributed by atoms with Crippen molar-refractivity contribution in [2.75, 3.05) is 13.1 Å². The van der Waals surface area contributed by atoms with Crippen molar-refractivity contribution in [3.8, 4) is 0 Å². The molecule has 0 aromatic rings. The van der Waals surface area contributed by atoms with Crippen molar-refractivity contribution in [2.45, 2.75) is 92.3 Å². The van der Waals surface area contributed by atoms with Crippen molar-refractivity contribution in [2.24, 2.45) is 10.8 Å². The lowest BCUT2D eigenvalue weighted by atomic mass is 9.51. The van der Waals surface area contributed by atoms with Gasteiger partial charge in [0.15, 0.2) is 0 Å². The van der Waals surface area contributed by atoms with Gasteiger partial charge in [0.1, 0.15) is 7.28 Å². The van der Waals surface area contributed by atoms with Crippen LogP contribution in [-0.2, 0) is 0 Å². The maximum Gasteiger partial charge on any atom is 0.126 e. The zero-order chi connectivity index (χ0) is 15.8. The molecule has 0 aliphatic carbocycles. The summed E-state index contributed by atoms with van der Waals surface area (Å²) in [6.07, 6.45) is 4.12. The van der Waals surface area contributed by atoms with Crippen LogP contribution in [0.4, 0.5) is 0 Å². The van der Waals surface area contributed by atoms with Crippen LogP contribution < -0.4 is 0 Å². The molecule has 1 aliphatic rings. The lowest BCUT2D eigenvalue weighted by molar-refractivity contribution is -0.0116. The third kappa shape index (κ3) is 4.03. The second kappa shape index (κ2) is 5.67. The maximum atomic E-state index is 2.76. The van der Waals surface area contributed by atoms with E-state index in [4.69, 9.17) is 0 Å². The average Bonchev–Trinajstić information content (AvgIpc) is 2.23. The summed E-state index contributed by atoms with van der Waals surface area (Å²) in [6, 6.07) is 0. The SMILES string of the molecule is CBC1(C)CCCC(C)(C(C)(C)C)CN(C(C)(C)C)C1. The lowest BCUT2D eigenvalue weighted by Gasteiger charge is -2.53. The molecule has 1 nitrogen and oxygen atoms in total. The van der Waals surface area contributed by atoms with Gasteiger partial charge >= 0.3 is 0 Å².